The van der Waals surface area contributed by atoms with Gasteiger partial charge in [0.25, 0.3) is 11.5 Å². The molecule has 8 heteroatoms. The van der Waals surface area contributed by atoms with Crippen LogP contribution < -0.4 is 16.6 Å². The number of hydrogen-bond acceptors (Lipinski definition) is 5. The summed E-state index contributed by atoms with van der Waals surface area (Å²) in [4.78, 5) is 33.3. The van der Waals surface area contributed by atoms with Crippen molar-refractivity contribution < 1.29 is 9.90 Å². The molecule has 8 nitrogen and oxygen atoms in total. The maximum Gasteiger partial charge on any atom is 0.255 e. The van der Waals surface area contributed by atoms with Gasteiger partial charge in [0.05, 0.1) is 11.3 Å². The lowest BCUT2D eigenvalue weighted by Crippen LogP contribution is -2.28. The minimum atomic E-state index is -0.402. The zero-order chi connectivity index (χ0) is 24.9. The summed E-state index contributed by atoms with van der Waals surface area (Å²) < 4.78 is 1.73. The van der Waals surface area contributed by atoms with Crippen molar-refractivity contribution >= 4 is 22.8 Å². The highest BCUT2D eigenvalue weighted by Crippen LogP contribution is 2.36. The molecule has 0 unspecified atom stereocenters. The number of pyridine rings is 2. The van der Waals surface area contributed by atoms with E-state index in [1.54, 1.807) is 23.6 Å². The highest BCUT2D eigenvalue weighted by Gasteiger charge is 2.25. The lowest BCUT2D eigenvalue weighted by atomic mass is 10.1. The maximum absolute atomic E-state index is 13.4. The Morgan fingerprint density at radius 2 is 1.79 bits per heavy atom. The molecule has 34 heavy (non-hydrogen) atoms. The van der Waals surface area contributed by atoms with Crippen LogP contribution in [0.1, 0.15) is 49.6 Å². The van der Waals surface area contributed by atoms with E-state index in [0.717, 1.165) is 28.1 Å². The number of fused-ring (bicyclic) bond motifs is 1. The van der Waals surface area contributed by atoms with Crippen molar-refractivity contribution in [3.05, 3.63) is 79.4 Å². The molecule has 3 heterocycles. The number of nitrogens with one attached hydrogen (secondary N) is 2. The fraction of sp³-hybridized carbons (Fsp3) is 0.269. The van der Waals surface area contributed by atoms with E-state index >= 15 is 0 Å². The number of aromatic amines is 1. The third-order valence-corrected chi connectivity index (χ3v) is 6.40. The van der Waals surface area contributed by atoms with Crippen LogP contribution >= 0.6 is 0 Å². The number of aromatic nitrogens is 3. The van der Waals surface area contributed by atoms with Crippen molar-refractivity contribution in [1.29, 1.82) is 0 Å². The van der Waals surface area contributed by atoms with Crippen LogP contribution in [0, 0.1) is 41.5 Å². The number of carbonyl (C=O) groups excluding carboxylic acids is 1. The zero-order valence-corrected chi connectivity index (χ0v) is 20.3. The summed E-state index contributed by atoms with van der Waals surface area (Å²) in [5, 5.41) is 13.8. The second-order valence-electron chi connectivity index (χ2n) is 8.86. The predicted octanol–water partition coefficient (Wildman–Crippen LogP) is 3.78. The second kappa shape index (κ2) is 8.37. The van der Waals surface area contributed by atoms with Gasteiger partial charge in [-0.1, -0.05) is 6.07 Å². The number of H-pyrrole nitrogens is 1. The number of aryl methyl sites for hydroxylation is 5. The Morgan fingerprint density at radius 1 is 1.09 bits per heavy atom. The molecular formula is C26H29N5O3. The number of nitrogen functional groups attached to an aromatic ring is 1. The molecule has 0 radical (unpaired) electrons. The minimum absolute atomic E-state index is 0.0643. The van der Waals surface area contributed by atoms with Crippen LogP contribution in [0.4, 0.5) is 5.82 Å². The van der Waals surface area contributed by atoms with Crippen LogP contribution in [0.15, 0.2) is 29.1 Å². The van der Waals surface area contributed by atoms with Crippen molar-refractivity contribution in [2.75, 3.05) is 5.73 Å². The quantitative estimate of drug-likeness (QED) is 0.369. The van der Waals surface area contributed by atoms with E-state index in [-0.39, 0.29) is 29.2 Å². The molecule has 5 N–H and O–H groups in total. The number of carbonyl (C=O) groups is 1. The molecule has 3 aromatic heterocycles. The Kier molecular flexibility index (Phi) is 5.69. The van der Waals surface area contributed by atoms with Crippen LogP contribution in [-0.4, -0.2) is 25.5 Å². The van der Waals surface area contributed by atoms with E-state index in [1.165, 1.54) is 0 Å². The van der Waals surface area contributed by atoms with E-state index in [2.05, 4.69) is 10.3 Å². The maximum atomic E-state index is 13.4. The van der Waals surface area contributed by atoms with E-state index in [0.29, 0.717) is 27.8 Å². The molecule has 176 valence electrons. The largest absolute Gasteiger partial charge is 0.508 e. The van der Waals surface area contributed by atoms with E-state index < -0.39 is 5.91 Å². The fourth-order valence-electron chi connectivity index (χ4n) is 4.40. The molecule has 4 aromatic rings. The van der Waals surface area contributed by atoms with Gasteiger partial charge in [-0.15, -0.1) is 0 Å². The molecule has 4 rings (SSSR count). The SMILES string of the molecule is Cc1cc(C)c(CNC(=O)c2c(N)n(-c3c(C)ccc(O)c3C)c3nc(C)c(C)cc23)c(=O)[nH]1. The Balaban J connectivity index is 1.89. The number of nitrogens with zero attached hydrogens (tertiary/aromatic N) is 2. The number of amides is 1. The molecule has 0 saturated heterocycles. The molecule has 1 aromatic carbocycles. The lowest BCUT2D eigenvalue weighted by Gasteiger charge is -2.15. The van der Waals surface area contributed by atoms with Crippen LogP contribution in [0.5, 0.6) is 5.75 Å². The van der Waals surface area contributed by atoms with Crippen LogP contribution in [0.2, 0.25) is 0 Å². The Morgan fingerprint density at radius 3 is 2.47 bits per heavy atom. The van der Waals surface area contributed by atoms with Gasteiger partial charge < -0.3 is 21.1 Å². The smallest absolute Gasteiger partial charge is 0.255 e. The normalized spacial score (nSPS) is 11.2. The Bertz CT molecular complexity index is 1530. The number of rotatable bonds is 4. The van der Waals surface area contributed by atoms with Crippen molar-refractivity contribution in [2.24, 2.45) is 0 Å². The van der Waals surface area contributed by atoms with E-state index in [1.807, 2.05) is 46.8 Å². The number of anilines is 1. The van der Waals surface area contributed by atoms with Crippen molar-refractivity contribution in [3.8, 4) is 11.4 Å². The van der Waals surface area contributed by atoms with E-state index in [4.69, 9.17) is 10.7 Å². The first-order chi connectivity index (χ1) is 16.0. The topological polar surface area (TPSA) is 126 Å². The molecule has 0 spiro atoms. The van der Waals surface area contributed by atoms with Gasteiger partial charge in [0.2, 0.25) is 0 Å². The fourth-order valence-corrected chi connectivity index (χ4v) is 4.40. The molecule has 0 aliphatic rings. The summed E-state index contributed by atoms with van der Waals surface area (Å²) in [6, 6.07) is 7.20. The molecule has 0 saturated carbocycles. The van der Waals surface area contributed by atoms with Crippen LogP contribution in [0.3, 0.4) is 0 Å². The number of hydrogen-bond donors (Lipinski definition) is 4. The summed E-state index contributed by atoms with van der Waals surface area (Å²) in [6.45, 7) is 11.3. The molecule has 0 fully saturated rings. The number of phenols is 1. The number of nitrogens with two attached hydrogens (primary N) is 1. The molecule has 0 atom stereocenters. The molecule has 0 aliphatic heterocycles. The summed E-state index contributed by atoms with van der Waals surface area (Å²) in [7, 11) is 0. The van der Waals surface area contributed by atoms with Crippen molar-refractivity contribution in [1.82, 2.24) is 19.9 Å². The van der Waals surface area contributed by atoms with Crippen LogP contribution in [0.25, 0.3) is 16.7 Å². The van der Waals surface area contributed by atoms with Gasteiger partial charge in [-0.25, -0.2) is 4.98 Å². The Labute approximate surface area is 197 Å². The first kappa shape index (κ1) is 23.1. The molecule has 0 bridgehead atoms. The van der Waals surface area contributed by atoms with Gasteiger partial charge in [-0.3, -0.25) is 14.2 Å². The zero-order valence-electron chi connectivity index (χ0n) is 20.3. The standard InChI is InChI=1S/C26H29N5O3/c1-12-7-8-20(32)16(5)22(12)31-23(27)21(18-10-13(2)17(6)30-24(18)31)26(34)28-11-19-14(3)9-15(4)29-25(19)33/h7-10,32H,11,27H2,1-6H3,(H,28,34)(H,29,33). The van der Waals surface area contributed by atoms with Gasteiger partial charge >= 0.3 is 0 Å². The number of aromatic hydroxyl groups is 1. The highest BCUT2D eigenvalue weighted by atomic mass is 16.3. The molecular weight excluding hydrogens is 430 g/mol. The van der Waals surface area contributed by atoms with Gasteiger partial charge in [0.15, 0.2) is 0 Å². The van der Waals surface area contributed by atoms with Crippen LogP contribution in [-0.2, 0) is 6.54 Å². The number of phenolic OH excluding ortho intramolecular Hbond substituents is 1. The molecule has 0 aliphatic carbocycles. The highest BCUT2D eigenvalue weighted by molar-refractivity contribution is 6.11. The monoisotopic (exact) mass is 459 g/mol. The summed E-state index contributed by atoms with van der Waals surface area (Å²) >= 11 is 0. The average Bonchev–Trinajstić information content (AvgIpc) is 3.01. The van der Waals surface area contributed by atoms with Gasteiger partial charge in [0.1, 0.15) is 17.2 Å². The molecule has 1 amide bonds. The lowest BCUT2D eigenvalue weighted by molar-refractivity contribution is 0.0953. The van der Waals surface area contributed by atoms with Gasteiger partial charge in [-0.05, 0) is 76.4 Å². The first-order valence-corrected chi connectivity index (χ1v) is 11.1. The third-order valence-electron chi connectivity index (χ3n) is 6.40. The first-order valence-electron chi connectivity index (χ1n) is 11.1. The predicted molar refractivity (Wildman–Crippen MR) is 134 cm³/mol. The third kappa shape index (κ3) is 3.71. The van der Waals surface area contributed by atoms with Gasteiger partial charge in [0, 0.05) is 34.4 Å². The average molecular weight is 460 g/mol. The summed E-state index contributed by atoms with van der Waals surface area (Å²) in [5.41, 5.74) is 13.2. The van der Waals surface area contributed by atoms with Gasteiger partial charge in [-0.2, -0.15) is 0 Å². The minimum Gasteiger partial charge on any atom is -0.508 e. The Hall–Kier alpha value is -4.07. The van der Waals surface area contributed by atoms with Crippen molar-refractivity contribution in [2.45, 2.75) is 48.1 Å². The summed E-state index contributed by atoms with van der Waals surface area (Å²) in [5.74, 6) is -0.0526. The van der Waals surface area contributed by atoms with Crippen molar-refractivity contribution in [3.63, 3.8) is 0 Å². The number of benzene rings is 1. The second-order valence-corrected chi connectivity index (χ2v) is 8.86. The summed E-state index contributed by atoms with van der Waals surface area (Å²) in [6.07, 6.45) is 0. The van der Waals surface area contributed by atoms with E-state index in [9.17, 15) is 14.7 Å².